The van der Waals surface area contributed by atoms with Crippen LogP contribution in [0.2, 0.25) is 0 Å². The molecule has 0 aromatic rings. The predicted octanol–water partition coefficient (Wildman–Crippen LogP) is 1.40. The Hall–Kier alpha value is 0.540. The monoisotopic (exact) mass is 114 g/mol. The molecule has 0 aliphatic rings. The van der Waals surface area contributed by atoms with E-state index >= 15 is 0 Å². The van der Waals surface area contributed by atoms with E-state index in [0.717, 1.165) is 0 Å². The molecule has 0 unspecified atom stereocenters. The molecule has 0 atom stereocenters. The van der Waals surface area contributed by atoms with Crippen molar-refractivity contribution in [1.82, 2.24) is 0 Å². The van der Waals surface area contributed by atoms with E-state index in [4.69, 9.17) is 23.5 Å². The van der Waals surface area contributed by atoms with Crippen molar-refractivity contribution in [1.29, 1.82) is 0 Å². The summed E-state index contributed by atoms with van der Waals surface area (Å²) in [7, 11) is 0. The second-order valence-electron chi connectivity index (χ2n) is 0.502. The number of hydrogen-bond acceptors (Lipinski definition) is 1. The van der Waals surface area contributed by atoms with Crippen molar-refractivity contribution in [3.05, 3.63) is 0 Å². The van der Waals surface area contributed by atoms with Crippen molar-refractivity contribution in [3.63, 3.8) is 0 Å². The van der Waals surface area contributed by atoms with E-state index in [1.165, 1.54) is 0 Å². The van der Waals surface area contributed by atoms with Crippen LogP contribution in [-0.2, 0) is 4.29 Å². The molecule has 0 N–H and O–H groups in total. The zero-order chi connectivity index (χ0) is 4.12. The highest BCUT2D eigenvalue weighted by Crippen LogP contribution is 1.79. The average Bonchev–Trinajstić information content (AvgIpc) is 1.41. The van der Waals surface area contributed by atoms with Crippen molar-refractivity contribution >= 4 is 23.5 Å². The van der Waals surface area contributed by atoms with E-state index in [-0.39, 0.29) is 0 Å². The summed E-state index contributed by atoms with van der Waals surface area (Å²) >= 11 is 9.81. The normalized spacial score (nSPS) is 8.40. The van der Waals surface area contributed by atoms with Crippen LogP contribution in [0.25, 0.3) is 0 Å². The van der Waals surface area contributed by atoms with Gasteiger partial charge in [-0.3, -0.25) is 4.29 Å². The van der Waals surface area contributed by atoms with E-state index in [9.17, 15) is 0 Å². The first-order chi connectivity index (χ1) is 2.41. The summed E-state index contributed by atoms with van der Waals surface area (Å²) in [5, 5.41) is 0. The molecule has 0 aliphatic heterocycles. The van der Waals surface area contributed by atoms with Gasteiger partial charge in [-0.05, 0) is 0 Å². The molecule has 0 radical (unpaired) electrons. The van der Waals surface area contributed by atoms with Gasteiger partial charge in [0.15, 0.2) is 0 Å². The Morgan fingerprint density at radius 1 is 1.60 bits per heavy atom. The van der Waals surface area contributed by atoms with Gasteiger partial charge in [-0.15, -0.1) is 11.6 Å². The minimum atomic E-state index is 0.420. The number of hydrogen-bond donors (Lipinski definition) is 0. The summed E-state index contributed by atoms with van der Waals surface area (Å²) in [6.07, 6.45) is 0. The van der Waals surface area contributed by atoms with Crippen LogP contribution < -0.4 is 0 Å². The third-order valence-electron chi connectivity index (χ3n) is 0.154. The summed E-state index contributed by atoms with van der Waals surface area (Å²) in [4.78, 5) is 0. The third-order valence-corrected chi connectivity index (χ3v) is 0.463. The average molecular weight is 115 g/mol. The fourth-order valence-electron chi connectivity index (χ4n) is 0.0292. The van der Waals surface area contributed by atoms with Crippen molar-refractivity contribution in [2.24, 2.45) is 0 Å². The molecule has 0 aromatic heterocycles. The molecule has 0 heterocycles. The van der Waals surface area contributed by atoms with Gasteiger partial charge in [0.1, 0.15) is 0 Å². The molecule has 0 saturated carbocycles. The molecular weight excluding hydrogens is 111 g/mol. The Labute approximate surface area is 41.0 Å². The summed E-state index contributed by atoms with van der Waals surface area (Å²) in [6, 6.07) is 0. The number of alkyl halides is 1. The van der Waals surface area contributed by atoms with Crippen LogP contribution in [0, 0.1) is 0 Å². The van der Waals surface area contributed by atoms with Crippen LogP contribution in [0.4, 0.5) is 0 Å². The zero-order valence-electron chi connectivity index (χ0n) is 2.58. The maximum absolute atomic E-state index is 5.09. The molecule has 3 heteroatoms. The minimum absolute atomic E-state index is 0.420. The molecule has 0 fully saturated rings. The molecule has 1 nitrogen and oxygen atoms in total. The molecule has 0 aliphatic carbocycles. The van der Waals surface area contributed by atoms with Gasteiger partial charge < -0.3 is 0 Å². The highest BCUT2D eigenvalue weighted by molar-refractivity contribution is 6.18. The Balaban J connectivity index is 2.19. The lowest BCUT2D eigenvalue weighted by molar-refractivity contribution is 0.381. The Morgan fingerprint density at radius 2 is 2.20 bits per heavy atom. The molecule has 0 aromatic carbocycles. The maximum atomic E-state index is 5.09. The van der Waals surface area contributed by atoms with Gasteiger partial charge in [-0.1, -0.05) is 0 Å². The van der Waals surface area contributed by atoms with Crippen LogP contribution in [0.15, 0.2) is 0 Å². The van der Waals surface area contributed by atoms with Gasteiger partial charge in [0, 0.05) is 5.88 Å². The van der Waals surface area contributed by atoms with Crippen LogP contribution >= 0.6 is 23.5 Å². The fraction of sp³-hybridized carbons (Fsp3) is 1.00. The second-order valence-corrected chi connectivity index (χ2v) is 1.10. The van der Waals surface area contributed by atoms with E-state index in [0.29, 0.717) is 12.5 Å². The largest absolute Gasteiger partial charge is 0.278 e. The van der Waals surface area contributed by atoms with E-state index in [1.807, 2.05) is 0 Å². The number of halogens is 2. The standard InChI is InChI=1S/C2H4Cl2O/c3-1-2-5-4/h1-2H2. The van der Waals surface area contributed by atoms with E-state index < -0.39 is 0 Å². The van der Waals surface area contributed by atoms with Crippen molar-refractivity contribution in [2.45, 2.75) is 0 Å². The van der Waals surface area contributed by atoms with Crippen LogP contribution in [0.5, 0.6) is 0 Å². The molecule has 0 spiro atoms. The summed E-state index contributed by atoms with van der Waals surface area (Å²) < 4.78 is 4.03. The molecule has 0 amide bonds. The molecular formula is C2H4Cl2O. The van der Waals surface area contributed by atoms with Crippen molar-refractivity contribution < 1.29 is 4.29 Å². The molecule has 32 valence electrons. The van der Waals surface area contributed by atoms with Crippen LogP contribution in [-0.4, -0.2) is 12.5 Å². The first-order valence-corrected chi connectivity index (χ1v) is 2.05. The highest BCUT2D eigenvalue weighted by atomic mass is 35.5. The van der Waals surface area contributed by atoms with Crippen molar-refractivity contribution in [2.75, 3.05) is 12.5 Å². The lowest BCUT2D eigenvalue weighted by atomic mass is 10.9. The van der Waals surface area contributed by atoms with Gasteiger partial charge in [0.25, 0.3) is 0 Å². The van der Waals surface area contributed by atoms with Gasteiger partial charge in [-0.25, -0.2) is 0 Å². The van der Waals surface area contributed by atoms with Gasteiger partial charge in [0.2, 0.25) is 0 Å². The third kappa shape index (κ3) is 4.54. The fourth-order valence-corrected chi connectivity index (χ4v) is 0.262. The van der Waals surface area contributed by atoms with E-state index in [1.54, 1.807) is 0 Å². The van der Waals surface area contributed by atoms with E-state index in [2.05, 4.69) is 4.29 Å². The summed E-state index contributed by atoms with van der Waals surface area (Å²) in [5.41, 5.74) is 0. The first-order valence-electron chi connectivity index (χ1n) is 1.21. The molecule has 0 rings (SSSR count). The number of rotatable bonds is 2. The summed E-state index contributed by atoms with van der Waals surface area (Å²) in [6.45, 7) is 0.420. The Morgan fingerprint density at radius 3 is 2.20 bits per heavy atom. The van der Waals surface area contributed by atoms with Gasteiger partial charge in [-0.2, -0.15) is 0 Å². The summed E-state index contributed by atoms with van der Waals surface area (Å²) in [5.74, 6) is 0.462. The zero-order valence-corrected chi connectivity index (χ0v) is 4.09. The van der Waals surface area contributed by atoms with Crippen molar-refractivity contribution in [3.8, 4) is 0 Å². The minimum Gasteiger partial charge on any atom is -0.278 e. The quantitative estimate of drug-likeness (QED) is 0.494. The van der Waals surface area contributed by atoms with Gasteiger partial charge in [0.05, 0.1) is 18.5 Å². The Kier molecular flexibility index (Phi) is 5.03. The molecule has 0 saturated heterocycles. The second kappa shape index (κ2) is 4.54. The first kappa shape index (κ1) is 5.54. The lowest BCUT2D eigenvalue weighted by Crippen LogP contribution is -1.80. The topological polar surface area (TPSA) is 9.23 Å². The SMILES string of the molecule is ClCCOCl. The molecule has 5 heavy (non-hydrogen) atoms. The Bertz CT molecular complexity index is 15.1. The van der Waals surface area contributed by atoms with Gasteiger partial charge >= 0.3 is 0 Å². The smallest absolute Gasteiger partial charge is 0.0818 e. The van der Waals surface area contributed by atoms with Crippen LogP contribution in [0.3, 0.4) is 0 Å². The molecule has 0 bridgehead atoms. The van der Waals surface area contributed by atoms with Crippen LogP contribution in [0.1, 0.15) is 0 Å². The lowest BCUT2D eigenvalue weighted by Gasteiger charge is -1.78. The highest BCUT2D eigenvalue weighted by Gasteiger charge is 1.71. The maximum Gasteiger partial charge on any atom is 0.0818 e. The predicted molar refractivity (Wildman–Crippen MR) is 22.5 cm³/mol.